The van der Waals surface area contributed by atoms with Gasteiger partial charge in [0, 0.05) is 17.8 Å². The lowest BCUT2D eigenvalue weighted by Crippen LogP contribution is -2.47. The summed E-state index contributed by atoms with van der Waals surface area (Å²) in [6.07, 6.45) is 6.74. The lowest BCUT2D eigenvalue weighted by atomic mass is 9.49. The van der Waals surface area contributed by atoms with Crippen molar-refractivity contribution in [1.29, 1.82) is 0 Å². The number of hydrogen-bond acceptors (Lipinski definition) is 5. The van der Waals surface area contributed by atoms with Crippen LogP contribution in [0.25, 0.3) is 0 Å². The molecule has 0 radical (unpaired) electrons. The molecule has 28 heavy (non-hydrogen) atoms. The van der Waals surface area contributed by atoms with Gasteiger partial charge in [0.2, 0.25) is 0 Å². The van der Waals surface area contributed by atoms with Gasteiger partial charge in [0.05, 0.1) is 11.3 Å². The summed E-state index contributed by atoms with van der Waals surface area (Å²) in [7, 11) is 0. The maximum absolute atomic E-state index is 12.5. The summed E-state index contributed by atoms with van der Waals surface area (Å²) in [5.41, 5.74) is 0.273. The van der Waals surface area contributed by atoms with Gasteiger partial charge in [-0.25, -0.2) is 0 Å². The van der Waals surface area contributed by atoms with Crippen molar-refractivity contribution < 1.29 is 19.2 Å². The zero-order valence-corrected chi connectivity index (χ0v) is 16.1. The molecule has 4 aliphatic carbocycles. The highest BCUT2D eigenvalue weighted by molar-refractivity contribution is 5.95. The van der Waals surface area contributed by atoms with Crippen LogP contribution in [-0.2, 0) is 14.3 Å². The summed E-state index contributed by atoms with van der Waals surface area (Å²) in [5, 5.41) is 13.4. The van der Waals surface area contributed by atoms with Gasteiger partial charge in [0.15, 0.2) is 6.10 Å². The van der Waals surface area contributed by atoms with E-state index in [1.54, 1.807) is 6.07 Å². The quantitative estimate of drug-likeness (QED) is 0.451. The molecule has 0 aromatic heterocycles. The van der Waals surface area contributed by atoms with Crippen LogP contribution in [0, 0.1) is 33.3 Å². The minimum atomic E-state index is -0.944. The maximum Gasteiger partial charge on any atom is 0.307 e. The monoisotopic (exact) mass is 386 g/mol. The third-order valence-electron chi connectivity index (χ3n) is 6.69. The molecule has 4 saturated carbocycles. The zero-order chi connectivity index (χ0) is 19.9. The molecule has 4 bridgehead atoms. The molecule has 7 nitrogen and oxygen atoms in total. The fraction of sp³-hybridized carbons (Fsp3) is 0.619. The van der Waals surface area contributed by atoms with E-state index in [0.717, 1.165) is 37.0 Å². The number of nitro groups is 1. The van der Waals surface area contributed by atoms with Gasteiger partial charge in [0.25, 0.3) is 11.6 Å². The number of nitro benzene ring substituents is 1. The Morgan fingerprint density at radius 2 is 1.82 bits per heavy atom. The van der Waals surface area contributed by atoms with Crippen LogP contribution >= 0.6 is 0 Å². The van der Waals surface area contributed by atoms with E-state index < -0.39 is 16.9 Å². The first-order valence-electron chi connectivity index (χ1n) is 10.1. The first kappa shape index (κ1) is 18.9. The van der Waals surface area contributed by atoms with E-state index in [0.29, 0.717) is 12.1 Å². The molecular formula is C21H26N2O5. The Hall–Kier alpha value is -2.44. The molecule has 0 saturated heterocycles. The summed E-state index contributed by atoms with van der Waals surface area (Å²) in [6.45, 7) is 1.53. The van der Waals surface area contributed by atoms with Crippen molar-refractivity contribution in [3.8, 4) is 0 Å². The fourth-order valence-corrected chi connectivity index (χ4v) is 6.05. The third kappa shape index (κ3) is 3.88. The van der Waals surface area contributed by atoms with E-state index in [1.807, 2.05) is 0 Å². The van der Waals surface area contributed by atoms with Crippen LogP contribution in [0.1, 0.15) is 51.9 Å². The van der Waals surface area contributed by atoms with Crippen molar-refractivity contribution in [1.82, 2.24) is 0 Å². The number of benzene rings is 1. The van der Waals surface area contributed by atoms with E-state index >= 15 is 0 Å². The molecule has 4 aliphatic rings. The second kappa shape index (κ2) is 7.18. The molecule has 1 amide bonds. The predicted molar refractivity (Wildman–Crippen MR) is 103 cm³/mol. The predicted octanol–water partition coefficient (Wildman–Crippen LogP) is 4.07. The molecule has 1 aromatic rings. The van der Waals surface area contributed by atoms with Crippen LogP contribution in [0.5, 0.6) is 0 Å². The lowest BCUT2D eigenvalue weighted by molar-refractivity contribution is -0.384. The molecule has 0 unspecified atom stereocenters. The molecule has 150 valence electrons. The van der Waals surface area contributed by atoms with Crippen LogP contribution in [0.15, 0.2) is 24.3 Å². The van der Waals surface area contributed by atoms with Gasteiger partial charge in [-0.05, 0) is 74.7 Å². The number of nitrogens with one attached hydrogen (secondary N) is 1. The largest absolute Gasteiger partial charge is 0.453 e. The van der Waals surface area contributed by atoms with Crippen molar-refractivity contribution in [2.75, 3.05) is 5.32 Å². The van der Waals surface area contributed by atoms with Crippen LogP contribution in [0.4, 0.5) is 11.4 Å². The second-order valence-corrected chi connectivity index (χ2v) is 9.02. The smallest absolute Gasteiger partial charge is 0.307 e. The van der Waals surface area contributed by atoms with Crippen molar-refractivity contribution >= 4 is 23.3 Å². The standard InChI is InChI=1S/C21H26N2O5/c1-13(20(25)22-17-3-2-4-18(8-17)23(26)27)28-19(24)12-21-9-14-5-15(10-21)7-16(6-14)11-21/h2-4,8,13-16H,5-7,9-12H2,1H3,(H,22,25)/t13-,14?,15?,16?,21?/m1/s1. The fourth-order valence-electron chi connectivity index (χ4n) is 6.05. The first-order chi connectivity index (χ1) is 13.3. The highest BCUT2D eigenvalue weighted by atomic mass is 16.6. The van der Waals surface area contributed by atoms with Crippen LogP contribution in [0.3, 0.4) is 0 Å². The number of anilines is 1. The molecule has 4 fully saturated rings. The highest BCUT2D eigenvalue weighted by Gasteiger charge is 2.51. The van der Waals surface area contributed by atoms with E-state index in [1.165, 1.54) is 44.4 Å². The number of rotatable bonds is 6. The van der Waals surface area contributed by atoms with Crippen LogP contribution < -0.4 is 5.32 Å². The van der Waals surface area contributed by atoms with E-state index in [4.69, 9.17) is 4.74 Å². The second-order valence-electron chi connectivity index (χ2n) is 9.02. The number of amides is 1. The van der Waals surface area contributed by atoms with Gasteiger partial charge in [-0.15, -0.1) is 0 Å². The summed E-state index contributed by atoms with van der Waals surface area (Å²) in [6, 6.07) is 5.69. The average Bonchev–Trinajstić information content (AvgIpc) is 2.60. The summed E-state index contributed by atoms with van der Waals surface area (Å²) >= 11 is 0. The number of esters is 1. The van der Waals surface area contributed by atoms with Gasteiger partial charge in [-0.3, -0.25) is 19.7 Å². The number of carbonyl (C=O) groups excluding carboxylic acids is 2. The Morgan fingerprint density at radius 3 is 2.39 bits per heavy atom. The van der Waals surface area contributed by atoms with Crippen LogP contribution in [-0.4, -0.2) is 22.9 Å². The Labute approximate surface area is 164 Å². The molecule has 0 heterocycles. The Balaban J connectivity index is 1.32. The third-order valence-corrected chi connectivity index (χ3v) is 6.69. The number of nitrogens with zero attached hydrogens (tertiary/aromatic N) is 1. The Kier molecular flexibility index (Phi) is 4.85. The van der Waals surface area contributed by atoms with Crippen molar-refractivity contribution in [3.63, 3.8) is 0 Å². The minimum absolute atomic E-state index is 0.0715. The molecule has 7 heteroatoms. The molecule has 1 N–H and O–H groups in total. The normalized spacial score (nSPS) is 31.2. The van der Waals surface area contributed by atoms with Gasteiger partial charge >= 0.3 is 5.97 Å². The molecular weight excluding hydrogens is 360 g/mol. The zero-order valence-electron chi connectivity index (χ0n) is 16.1. The Morgan fingerprint density at radius 1 is 1.21 bits per heavy atom. The van der Waals surface area contributed by atoms with E-state index in [-0.39, 0.29) is 17.1 Å². The van der Waals surface area contributed by atoms with Gasteiger partial charge in [-0.2, -0.15) is 0 Å². The van der Waals surface area contributed by atoms with Crippen molar-refractivity contribution in [2.45, 2.75) is 58.0 Å². The summed E-state index contributed by atoms with van der Waals surface area (Å²) in [4.78, 5) is 35.2. The van der Waals surface area contributed by atoms with E-state index in [2.05, 4.69) is 5.32 Å². The molecule has 0 spiro atoms. The van der Waals surface area contributed by atoms with Crippen LogP contribution in [0.2, 0.25) is 0 Å². The average molecular weight is 386 g/mol. The first-order valence-corrected chi connectivity index (χ1v) is 10.1. The summed E-state index contributed by atoms with van der Waals surface area (Å²) < 4.78 is 5.42. The topological polar surface area (TPSA) is 98.5 Å². The summed E-state index contributed by atoms with van der Waals surface area (Å²) in [5.74, 6) is 1.47. The van der Waals surface area contributed by atoms with Gasteiger partial charge < -0.3 is 10.1 Å². The minimum Gasteiger partial charge on any atom is -0.453 e. The molecule has 0 aliphatic heterocycles. The SMILES string of the molecule is C[C@@H](OC(=O)CC12CC3CC(CC(C3)C1)C2)C(=O)Nc1cccc([N+](=O)[O-])c1. The number of hydrogen-bond donors (Lipinski definition) is 1. The van der Waals surface area contributed by atoms with Gasteiger partial charge in [-0.1, -0.05) is 6.07 Å². The van der Waals surface area contributed by atoms with E-state index in [9.17, 15) is 19.7 Å². The van der Waals surface area contributed by atoms with Crippen molar-refractivity contribution in [3.05, 3.63) is 34.4 Å². The number of carbonyl (C=O) groups is 2. The Bertz CT molecular complexity index is 770. The number of non-ortho nitro benzene ring substituents is 1. The van der Waals surface area contributed by atoms with Crippen molar-refractivity contribution in [2.24, 2.45) is 23.2 Å². The highest BCUT2D eigenvalue weighted by Crippen LogP contribution is 2.61. The molecule has 1 atom stereocenters. The molecule has 1 aromatic carbocycles. The van der Waals surface area contributed by atoms with Gasteiger partial charge in [0.1, 0.15) is 0 Å². The molecule has 5 rings (SSSR count). The maximum atomic E-state index is 12.5. The lowest BCUT2D eigenvalue weighted by Gasteiger charge is -2.56. The number of ether oxygens (including phenoxy) is 1.